The lowest BCUT2D eigenvalue weighted by atomic mass is 9.90. The highest BCUT2D eigenvalue weighted by Crippen LogP contribution is 2.24. The number of hydrogen-bond donors (Lipinski definition) is 1. The van der Waals surface area contributed by atoms with Crippen LogP contribution in [0.5, 0.6) is 0 Å². The lowest BCUT2D eigenvalue weighted by molar-refractivity contribution is -0.152. The Labute approximate surface area is 114 Å². The zero-order valence-electron chi connectivity index (χ0n) is 11.9. The first-order chi connectivity index (χ1) is 9.17. The van der Waals surface area contributed by atoms with E-state index in [9.17, 15) is 9.59 Å². The van der Waals surface area contributed by atoms with Crippen LogP contribution >= 0.6 is 0 Å². The van der Waals surface area contributed by atoms with Crippen LogP contribution in [0.25, 0.3) is 0 Å². The lowest BCUT2D eigenvalue weighted by Gasteiger charge is -2.33. The summed E-state index contributed by atoms with van der Waals surface area (Å²) in [5, 5.41) is 3.29. The van der Waals surface area contributed by atoms with Gasteiger partial charge in [0, 0.05) is 6.54 Å². The number of nitrogens with one attached hydrogen (secondary N) is 1. The van der Waals surface area contributed by atoms with E-state index >= 15 is 0 Å². The fourth-order valence-corrected chi connectivity index (χ4v) is 3.17. The van der Waals surface area contributed by atoms with Crippen molar-refractivity contribution in [1.29, 1.82) is 0 Å². The fraction of sp³-hybridized carbons (Fsp3) is 0.857. The van der Waals surface area contributed by atoms with Crippen molar-refractivity contribution >= 4 is 11.9 Å². The highest BCUT2D eigenvalue weighted by molar-refractivity contribution is 5.88. The number of piperidine rings is 1. The van der Waals surface area contributed by atoms with Gasteiger partial charge in [-0.15, -0.1) is 0 Å². The number of hydrogen-bond acceptors (Lipinski definition) is 4. The number of rotatable bonds is 3. The third-order valence-electron chi connectivity index (χ3n) is 4.40. The number of nitrogens with zero attached hydrogens (tertiary/aromatic N) is 1. The smallest absolute Gasteiger partial charge is 0.328 e. The van der Waals surface area contributed by atoms with Gasteiger partial charge in [-0.25, -0.2) is 4.79 Å². The van der Waals surface area contributed by atoms with E-state index in [0.717, 1.165) is 38.6 Å². The highest BCUT2D eigenvalue weighted by Gasteiger charge is 2.38. The monoisotopic (exact) mass is 268 g/mol. The normalized spacial score (nSPS) is 31.3. The van der Waals surface area contributed by atoms with E-state index in [1.807, 2.05) is 0 Å². The third kappa shape index (κ3) is 3.08. The molecule has 0 aromatic carbocycles. The van der Waals surface area contributed by atoms with Crippen molar-refractivity contribution in [2.75, 3.05) is 20.2 Å². The Morgan fingerprint density at radius 1 is 1.37 bits per heavy atom. The summed E-state index contributed by atoms with van der Waals surface area (Å²) in [5.74, 6) is 0.411. The van der Waals surface area contributed by atoms with Crippen molar-refractivity contribution in [3.05, 3.63) is 0 Å². The van der Waals surface area contributed by atoms with Gasteiger partial charge in [-0.3, -0.25) is 4.79 Å². The molecule has 2 saturated heterocycles. The minimum absolute atomic E-state index is 0.0750. The van der Waals surface area contributed by atoms with Gasteiger partial charge in [0.05, 0.1) is 13.2 Å². The van der Waals surface area contributed by atoms with Gasteiger partial charge in [0.15, 0.2) is 0 Å². The van der Waals surface area contributed by atoms with Crippen molar-refractivity contribution in [3.63, 3.8) is 0 Å². The van der Waals surface area contributed by atoms with Gasteiger partial charge in [0.1, 0.15) is 6.04 Å². The van der Waals surface area contributed by atoms with Gasteiger partial charge in [-0.05, 0) is 38.1 Å². The molecule has 0 aromatic heterocycles. The minimum Gasteiger partial charge on any atom is -0.467 e. The second kappa shape index (κ2) is 6.37. The number of carbonyl (C=O) groups is 2. The largest absolute Gasteiger partial charge is 0.467 e. The van der Waals surface area contributed by atoms with Gasteiger partial charge in [-0.2, -0.15) is 0 Å². The summed E-state index contributed by atoms with van der Waals surface area (Å²) in [4.78, 5) is 26.0. The SMILES string of the molecule is CCC1CCNC(C(=O)N2CCCC2C(=O)OC)C1. The molecule has 1 N–H and O–H groups in total. The van der Waals surface area contributed by atoms with Gasteiger partial charge < -0.3 is 15.0 Å². The number of esters is 1. The summed E-state index contributed by atoms with van der Waals surface area (Å²) in [5.41, 5.74) is 0. The molecule has 19 heavy (non-hydrogen) atoms. The quantitative estimate of drug-likeness (QED) is 0.774. The van der Waals surface area contributed by atoms with Crippen LogP contribution < -0.4 is 5.32 Å². The van der Waals surface area contributed by atoms with Crippen LogP contribution in [0.4, 0.5) is 0 Å². The number of ether oxygens (including phenoxy) is 1. The Bertz CT molecular complexity index is 346. The first-order valence-electron chi connectivity index (χ1n) is 7.29. The van der Waals surface area contributed by atoms with E-state index in [2.05, 4.69) is 12.2 Å². The van der Waals surface area contributed by atoms with E-state index < -0.39 is 0 Å². The molecule has 108 valence electrons. The summed E-state index contributed by atoms with van der Waals surface area (Å²) in [6.07, 6.45) is 4.75. The van der Waals surface area contributed by atoms with Gasteiger partial charge >= 0.3 is 5.97 Å². The topological polar surface area (TPSA) is 58.6 Å². The van der Waals surface area contributed by atoms with E-state index in [4.69, 9.17) is 4.74 Å². The second-order valence-electron chi connectivity index (χ2n) is 5.52. The van der Waals surface area contributed by atoms with Crippen LogP contribution in [-0.4, -0.2) is 49.1 Å². The summed E-state index contributed by atoms with van der Waals surface area (Å²) in [6, 6.07) is -0.495. The Balaban J connectivity index is 2.00. The molecule has 2 rings (SSSR count). The molecule has 0 spiro atoms. The van der Waals surface area contributed by atoms with Crippen LogP contribution in [0, 0.1) is 5.92 Å². The molecule has 2 aliphatic heterocycles. The molecular weight excluding hydrogens is 244 g/mol. The second-order valence-corrected chi connectivity index (χ2v) is 5.52. The summed E-state index contributed by atoms with van der Waals surface area (Å²) < 4.78 is 4.79. The maximum atomic E-state index is 12.5. The standard InChI is InChI=1S/C14H24N2O3/c1-3-10-6-7-15-11(9-10)13(17)16-8-4-5-12(16)14(18)19-2/h10-12,15H,3-9H2,1-2H3. The molecule has 5 nitrogen and oxygen atoms in total. The van der Waals surface area contributed by atoms with Gasteiger partial charge in [0.2, 0.25) is 5.91 Å². The molecule has 0 aromatic rings. The van der Waals surface area contributed by atoms with Crippen molar-refractivity contribution in [2.24, 2.45) is 5.92 Å². The molecule has 0 bridgehead atoms. The lowest BCUT2D eigenvalue weighted by Crippen LogP contribution is -2.53. The van der Waals surface area contributed by atoms with Crippen molar-refractivity contribution in [2.45, 2.75) is 51.1 Å². The molecular formula is C14H24N2O3. The first-order valence-corrected chi connectivity index (χ1v) is 7.29. The van der Waals surface area contributed by atoms with Crippen LogP contribution in [-0.2, 0) is 14.3 Å². The summed E-state index contributed by atoms with van der Waals surface area (Å²) in [6.45, 7) is 3.74. The minimum atomic E-state index is -0.374. The number of methoxy groups -OCH3 is 1. The summed E-state index contributed by atoms with van der Waals surface area (Å²) >= 11 is 0. The van der Waals surface area contributed by atoms with E-state index in [0.29, 0.717) is 12.5 Å². The van der Waals surface area contributed by atoms with Crippen LogP contribution in [0.3, 0.4) is 0 Å². The molecule has 2 aliphatic rings. The average Bonchev–Trinajstić information content (AvgIpc) is 2.95. The predicted octanol–water partition coefficient (Wildman–Crippen LogP) is 0.929. The van der Waals surface area contributed by atoms with E-state index in [-0.39, 0.29) is 24.0 Å². The Hall–Kier alpha value is -1.10. The van der Waals surface area contributed by atoms with Gasteiger partial charge in [0.25, 0.3) is 0 Å². The van der Waals surface area contributed by atoms with E-state index in [1.54, 1.807) is 4.90 Å². The predicted molar refractivity (Wildman–Crippen MR) is 71.6 cm³/mol. The highest BCUT2D eigenvalue weighted by atomic mass is 16.5. The van der Waals surface area contributed by atoms with Crippen LogP contribution in [0.15, 0.2) is 0 Å². The Morgan fingerprint density at radius 2 is 2.16 bits per heavy atom. The Morgan fingerprint density at radius 3 is 2.84 bits per heavy atom. The molecule has 3 atom stereocenters. The molecule has 0 radical (unpaired) electrons. The van der Waals surface area contributed by atoms with Crippen LogP contribution in [0.1, 0.15) is 39.0 Å². The molecule has 2 fully saturated rings. The number of carbonyl (C=O) groups excluding carboxylic acids is 2. The molecule has 1 amide bonds. The number of likely N-dealkylation sites (tertiary alicyclic amines) is 1. The number of amides is 1. The molecule has 5 heteroatoms. The molecule has 0 aliphatic carbocycles. The zero-order valence-corrected chi connectivity index (χ0v) is 11.9. The van der Waals surface area contributed by atoms with Crippen molar-refractivity contribution in [1.82, 2.24) is 10.2 Å². The molecule has 3 unspecified atom stereocenters. The maximum Gasteiger partial charge on any atom is 0.328 e. The maximum absolute atomic E-state index is 12.5. The van der Waals surface area contributed by atoms with E-state index in [1.165, 1.54) is 7.11 Å². The summed E-state index contributed by atoms with van der Waals surface area (Å²) in [7, 11) is 1.38. The third-order valence-corrected chi connectivity index (χ3v) is 4.40. The van der Waals surface area contributed by atoms with Crippen LogP contribution in [0.2, 0.25) is 0 Å². The van der Waals surface area contributed by atoms with Crippen molar-refractivity contribution < 1.29 is 14.3 Å². The van der Waals surface area contributed by atoms with Gasteiger partial charge in [-0.1, -0.05) is 13.3 Å². The van der Waals surface area contributed by atoms with Crippen molar-refractivity contribution in [3.8, 4) is 0 Å². The molecule has 0 saturated carbocycles. The Kier molecular flexibility index (Phi) is 4.80. The zero-order chi connectivity index (χ0) is 13.8. The first kappa shape index (κ1) is 14.3. The average molecular weight is 268 g/mol. The molecule has 2 heterocycles. The fourth-order valence-electron chi connectivity index (χ4n) is 3.17.